The van der Waals surface area contributed by atoms with E-state index >= 15 is 0 Å². The lowest BCUT2D eigenvalue weighted by Crippen LogP contribution is -2.10. The quantitative estimate of drug-likeness (QED) is 0.0645. The van der Waals surface area contributed by atoms with E-state index in [-0.39, 0.29) is 38.8 Å². The molecule has 0 unspecified atom stereocenters. The van der Waals surface area contributed by atoms with Crippen molar-refractivity contribution in [3.05, 3.63) is 227 Å². The molecule has 6 nitrogen and oxygen atoms in total. The Morgan fingerprint density at radius 2 is 0.589 bits per heavy atom. The van der Waals surface area contributed by atoms with E-state index in [2.05, 4.69) is 0 Å². The van der Waals surface area contributed by atoms with Crippen molar-refractivity contribution in [2.75, 3.05) is 0 Å². The molecule has 0 heterocycles. The van der Waals surface area contributed by atoms with Crippen LogP contribution in [-0.4, -0.2) is 5.78 Å². The second-order valence-corrected chi connectivity index (χ2v) is 13.0. The molecule has 7 aromatic carbocycles. The van der Waals surface area contributed by atoms with Gasteiger partial charge in [-0.15, -0.1) is 0 Å². The highest BCUT2D eigenvalue weighted by atomic mass is 16.6. The molecule has 0 spiro atoms. The van der Waals surface area contributed by atoms with Crippen LogP contribution in [-0.2, 0) is 33.0 Å². The standard InChI is InChI=1S/C50H42O6/c51-45(43-29-17-6-18-30-43)32-31-44-46(52-33-38-19-7-1-8-20-38)48(54-35-40-23-11-3-12-24-40)50(56-37-42-27-15-5-16-28-42)49(55-36-41-25-13-4-14-26-41)47(44)53-34-39-21-9-2-10-22-39/h1-32H,33-37H2. The second kappa shape index (κ2) is 19.3. The molecule has 56 heavy (non-hydrogen) atoms. The molecule has 278 valence electrons. The van der Waals surface area contributed by atoms with E-state index in [9.17, 15) is 4.79 Å². The zero-order valence-corrected chi connectivity index (χ0v) is 31.0. The van der Waals surface area contributed by atoms with Crippen molar-refractivity contribution in [1.29, 1.82) is 0 Å². The molecule has 0 fully saturated rings. The normalized spacial score (nSPS) is 10.9. The number of hydrogen-bond donors (Lipinski definition) is 0. The molecule has 0 saturated carbocycles. The fourth-order valence-corrected chi connectivity index (χ4v) is 5.99. The van der Waals surface area contributed by atoms with Crippen LogP contribution in [0.4, 0.5) is 0 Å². The van der Waals surface area contributed by atoms with Gasteiger partial charge < -0.3 is 23.7 Å². The van der Waals surface area contributed by atoms with Crippen molar-refractivity contribution in [1.82, 2.24) is 0 Å². The molecule has 0 radical (unpaired) electrons. The lowest BCUT2D eigenvalue weighted by molar-refractivity contribution is 0.104. The number of benzene rings is 7. The Bertz CT molecular complexity index is 2180. The smallest absolute Gasteiger partial charge is 0.211 e. The first-order valence-electron chi connectivity index (χ1n) is 18.6. The topological polar surface area (TPSA) is 63.2 Å². The summed E-state index contributed by atoms with van der Waals surface area (Å²) in [4.78, 5) is 13.7. The fourth-order valence-electron chi connectivity index (χ4n) is 5.99. The number of ether oxygens (including phenoxy) is 5. The first kappa shape index (κ1) is 37.3. The molecule has 0 aromatic heterocycles. The number of carbonyl (C=O) groups excluding carboxylic acids is 1. The SMILES string of the molecule is O=C(C=Cc1c(OCc2ccccc2)c(OCc2ccccc2)c(OCc2ccccc2)c(OCc2ccccc2)c1OCc1ccccc1)c1ccccc1. The van der Waals surface area contributed by atoms with E-state index in [1.54, 1.807) is 18.2 Å². The van der Waals surface area contributed by atoms with Crippen molar-refractivity contribution < 1.29 is 28.5 Å². The molecular weight excluding hydrogens is 697 g/mol. The maximum Gasteiger partial charge on any atom is 0.211 e. The minimum atomic E-state index is -0.184. The Morgan fingerprint density at radius 1 is 0.339 bits per heavy atom. The minimum Gasteiger partial charge on any atom is -0.484 e. The largest absolute Gasteiger partial charge is 0.484 e. The Balaban J connectivity index is 1.44. The van der Waals surface area contributed by atoms with Crippen LogP contribution >= 0.6 is 0 Å². The van der Waals surface area contributed by atoms with Crippen molar-refractivity contribution in [3.8, 4) is 28.7 Å². The molecule has 0 atom stereocenters. The van der Waals surface area contributed by atoms with Gasteiger partial charge in [0.15, 0.2) is 17.3 Å². The Hall–Kier alpha value is -7.05. The average molecular weight is 739 g/mol. The summed E-state index contributed by atoms with van der Waals surface area (Å²) in [5.74, 6) is 1.47. The third kappa shape index (κ3) is 10.1. The van der Waals surface area contributed by atoms with E-state index in [0.717, 1.165) is 27.8 Å². The lowest BCUT2D eigenvalue weighted by Gasteiger charge is -2.25. The highest BCUT2D eigenvalue weighted by Gasteiger charge is 2.30. The maximum absolute atomic E-state index is 13.7. The Morgan fingerprint density at radius 3 is 0.893 bits per heavy atom. The third-order valence-corrected chi connectivity index (χ3v) is 8.90. The molecule has 6 heteroatoms. The van der Waals surface area contributed by atoms with Crippen molar-refractivity contribution in [3.63, 3.8) is 0 Å². The number of hydrogen-bond acceptors (Lipinski definition) is 6. The van der Waals surface area contributed by atoms with Gasteiger partial charge in [-0.3, -0.25) is 4.79 Å². The molecule has 0 aliphatic carbocycles. The van der Waals surface area contributed by atoms with Gasteiger partial charge in [-0.25, -0.2) is 0 Å². The Kier molecular flexibility index (Phi) is 12.9. The minimum absolute atomic E-state index is 0.184. The number of rotatable bonds is 18. The fraction of sp³-hybridized carbons (Fsp3) is 0.100. The molecule has 0 saturated heterocycles. The predicted molar refractivity (Wildman–Crippen MR) is 220 cm³/mol. The van der Waals surface area contributed by atoms with Gasteiger partial charge >= 0.3 is 0 Å². The first-order valence-corrected chi connectivity index (χ1v) is 18.6. The molecule has 0 N–H and O–H groups in total. The van der Waals surface area contributed by atoms with Gasteiger partial charge in [0.25, 0.3) is 0 Å². The zero-order chi connectivity index (χ0) is 38.2. The molecular formula is C50H42O6. The Labute approximate surface area is 328 Å². The van der Waals surface area contributed by atoms with Gasteiger partial charge in [0.2, 0.25) is 17.2 Å². The van der Waals surface area contributed by atoms with Crippen LogP contribution in [0.3, 0.4) is 0 Å². The van der Waals surface area contributed by atoms with Crippen LogP contribution in [0.25, 0.3) is 6.08 Å². The summed E-state index contributed by atoms with van der Waals surface area (Å²) in [6.45, 7) is 1.03. The summed E-state index contributed by atoms with van der Waals surface area (Å²) in [5.41, 5.74) is 5.75. The van der Waals surface area contributed by atoms with Crippen LogP contribution in [0.2, 0.25) is 0 Å². The van der Waals surface area contributed by atoms with Gasteiger partial charge in [0.1, 0.15) is 33.0 Å². The van der Waals surface area contributed by atoms with E-state index in [1.807, 2.05) is 170 Å². The summed E-state index contributed by atoms with van der Waals surface area (Å²) in [6.07, 6.45) is 3.25. The van der Waals surface area contributed by atoms with Gasteiger partial charge in [0, 0.05) is 5.56 Å². The number of allylic oxidation sites excluding steroid dienone is 1. The van der Waals surface area contributed by atoms with Crippen molar-refractivity contribution >= 4 is 11.9 Å². The third-order valence-electron chi connectivity index (χ3n) is 8.90. The summed E-state index contributed by atoms with van der Waals surface area (Å²) in [6, 6.07) is 58.6. The van der Waals surface area contributed by atoms with E-state index in [1.165, 1.54) is 6.08 Å². The van der Waals surface area contributed by atoms with Crippen molar-refractivity contribution in [2.45, 2.75) is 33.0 Å². The van der Waals surface area contributed by atoms with Crippen molar-refractivity contribution in [2.24, 2.45) is 0 Å². The van der Waals surface area contributed by atoms with Gasteiger partial charge in [-0.1, -0.05) is 182 Å². The molecule has 0 aliphatic heterocycles. The second-order valence-electron chi connectivity index (χ2n) is 13.0. The van der Waals surface area contributed by atoms with E-state index in [4.69, 9.17) is 23.7 Å². The van der Waals surface area contributed by atoms with Crippen LogP contribution in [0.15, 0.2) is 188 Å². The highest BCUT2D eigenvalue weighted by Crippen LogP contribution is 2.55. The molecule has 0 aliphatic rings. The van der Waals surface area contributed by atoms with Crippen LogP contribution in [0.5, 0.6) is 28.7 Å². The number of carbonyl (C=O) groups is 1. The van der Waals surface area contributed by atoms with E-state index < -0.39 is 0 Å². The molecule has 0 bridgehead atoms. The summed E-state index contributed by atoms with van der Waals surface area (Å²) >= 11 is 0. The van der Waals surface area contributed by atoms with Gasteiger partial charge in [-0.05, 0) is 40.0 Å². The average Bonchev–Trinajstić information content (AvgIpc) is 3.27. The van der Waals surface area contributed by atoms with Gasteiger partial charge in [-0.2, -0.15) is 0 Å². The van der Waals surface area contributed by atoms with Gasteiger partial charge in [0.05, 0.1) is 5.56 Å². The highest BCUT2D eigenvalue weighted by molar-refractivity contribution is 6.07. The first-order chi connectivity index (χ1) is 27.7. The van der Waals surface area contributed by atoms with Crippen LogP contribution in [0, 0.1) is 0 Å². The summed E-state index contributed by atoms with van der Waals surface area (Å²) in [5, 5.41) is 0. The number of ketones is 1. The van der Waals surface area contributed by atoms with Crippen LogP contribution in [0.1, 0.15) is 43.7 Å². The summed E-state index contributed by atoms with van der Waals surface area (Å²) < 4.78 is 33.9. The molecule has 7 aromatic rings. The predicted octanol–water partition coefficient (Wildman–Crippen LogP) is 11.5. The van der Waals surface area contributed by atoms with E-state index in [0.29, 0.717) is 39.9 Å². The molecule has 0 amide bonds. The monoisotopic (exact) mass is 738 g/mol. The zero-order valence-electron chi connectivity index (χ0n) is 31.0. The molecule has 7 rings (SSSR count). The van der Waals surface area contributed by atoms with Crippen LogP contribution < -0.4 is 23.7 Å². The lowest BCUT2D eigenvalue weighted by atomic mass is 10.1. The maximum atomic E-state index is 13.7. The summed E-state index contributed by atoms with van der Waals surface area (Å²) in [7, 11) is 0.